The van der Waals surface area contributed by atoms with Crippen molar-refractivity contribution >= 4 is 17.5 Å². The lowest BCUT2D eigenvalue weighted by molar-refractivity contribution is 0.0104. The average Bonchev–Trinajstić information content (AvgIpc) is 3.32. The van der Waals surface area contributed by atoms with Gasteiger partial charge in [0, 0.05) is 41.8 Å². The highest BCUT2D eigenvalue weighted by molar-refractivity contribution is 6.34. The standard InChI is InChI=1S/C32H35ClF2N2O5/c1-18(38)16-41-24-9-8-21(30(36)39)27(29(24)35)26-22-15-32(19-6-4-3-5-7-19,42-25(22)14-23(34)28(26)33)17-37-20-10-12-31(2,40)13-11-20/h3-9,14,18,20,37-38,40H,10-13,15-17H2,1-2H3,(H2,36,39)/t18-,20-,31+,32+/m0/s1. The van der Waals surface area contributed by atoms with Crippen molar-refractivity contribution in [2.45, 2.75) is 69.3 Å². The first-order valence-electron chi connectivity index (χ1n) is 14.1. The summed E-state index contributed by atoms with van der Waals surface area (Å²) in [5.74, 6) is -2.79. The molecule has 0 unspecified atom stereocenters. The molecule has 1 amide bonds. The minimum Gasteiger partial charge on any atom is -0.488 e. The summed E-state index contributed by atoms with van der Waals surface area (Å²) in [6.07, 6.45) is 2.20. The molecule has 0 saturated heterocycles. The van der Waals surface area contributed by atoms with Crippen LogP contribution in [0.1, 0.15) is 61.0 Å². The summed E-state index contributed by atoms with van der Waals surface area (Å²) in [5.41, 5.74) is 4.67. The van der Waals surface area contributed by atoms with Crippen LogP contribution in [0.3, 0.4) is 0 Å². The van der Waals surface area contributed by atoms with Crippen molar-refractivity contribution in [1.29, 1.82) is 0 Å². The van der Waals surface area contributed by atoms with Crippen molar-refractivity contribution in [3.8, 4) is 22.6 Å². The van der Waals surface area contributed by atoms with Gasteiger partial charge in [-0.25, -0.2) is 8.78 Å². The molecule has 1 heterocycles. The molecule has 1 aliphatic carbocycles. The van der Waals surface area contributed by atoms with Crippen LogP contribution in [0.15, 0.2) is 48.5 Å². The van der Waals surface area contributed by atoms with Gasteiger partial charge in [0.15, 0.2) is 17.2 Å². The molecule has 0 spiro atoms. The number of rotatable bonds is 9. The van der Waals surface area contributed by atoms with Crippen LogP contribution in [0.5, 0.6) is 11.5 Å². The molecular weight excluding hydrogens is 566 g/mol. The van der Waals surface area contributed by atoms with E-state index in [1.165, 1.54) is 25.1 Å². The summed E-state index contributed by atoms with van der Waals surface area (Å²) in [5, 5.41) is 23.2. The van der Waals surface area contributed by atoms with E-state index in [-0.39, 0.29) is 52.3 Å². The normalized spacial score (nSPS) is 24.1. The fraction of sp³-hybridized carbons (Fsp3) is 0.406. The Balaban J connectivity index is 1.60. The predicted octanol–water partition coefficient (Wildman–Crippen LogP) is 5.26. The van der Waals surface area contributed by atoms with E-state index in [0.717, 1.165) is 18.4 Å². The minimum atomic E-state index is -1.00. The number of ether oxygens (including phenoxy) is 2. The van der Waals surface area contributed by atoms with E-state index in [0.29, 0.717) is 24.9 Å². The summed E-state index contributed by atoms with van der Waals surface area (Å²) >= 11 is 6.54. The van der Waals surface area contributed by atoms with Crippen molar-refractivity contribution in [1.82, 2.24) is 5.32 Å². The second-order valence-electron chi connectivity index (χ2n) is 11.6. The molecule has 2 atom stereocenters. The molecule has 0 radical (unpaired) electrons. The number of benzene rings is 3. The van der Waals surface area contributed by atoms with Gasteiger partial charge in [-0.3, -0.25) is 4.79 Å². The molecule has 2 aliphatic rings. The molecular formula is C32H35ClF2N2O5. The van der Waals surface area contributed by atoms with Gasteiger partial charge in [-0.05, 0) is 57.2 Å². The van der Waals surface area contributed by atoms with Gasteiger partial charge in [-0.15, -0.1) is 0 Å². The number of fused-ring (bicyclic) bond motifs is 1. The molecule has 224 valence electrons. The highest BCUT2D eigenvalue weighted by atomic mass is 35.5. The average molecular weight is 601 g/mol. The molecule has 7 nitrogen and oxygen atoms in total. The molecule has 3 aromatic carbocycles. The highest BCUT2D eigenvalue weighted by Gasteiger charge is 2.45. The van der Waals surface area contributed by atoms with Crippen LogP contribution in [0.25, 0.3) is 11.1 Å². The number of carbonyl (C=O) groups is 1. The number of carbonyl (C=O) groups excluding carboxylic acids is 1. The van der Waals surface area contributed by atoms with Crippen molar-refractivity contribution in [3.05, 3.63) is 81.9 Å². The highest BCUT2D eigenvalue weighted by Crippen LogP contribution is 2.50. The predicted molar refractivity (Wildman–Crippen MR) is 156 cm³/mol. The van der Waals surface area contributed by atoms with Crippen LogP contribution in [0.2, 0.25) is 5.02 Å². The first kappa shape index (κ1) is 30.2. The van der Waals surface area contributed by atoms with Crippen LogP contribution in [-0.2, 0) is 12.0 Å². The maximum absolute atomic E-state index is 16.1. The number of nitrogens with two attached hydrogens (primary N) is 1. The summed E-state index contributed by atoms with van der Waals surface area (Å²) in [6.45, 7) is 3.47. The third-order valence-electron chi connectivity index (χ3n) is 8.19. The maximum atomic E-state index is 16.1. The van der Waals surface area contributed by atoms with Gasteiger partial charge >= 0.3 is 0 Å². The first-order valence-corrected chi connectivity index (χ1v) is 14.4. The molecule has 5 N–H and O–H groups in total. The van der Waals surface area contributed by atoms with Gasteiger partial charge in [0.2, 0.25) is 5.91 Å². The lowest BCUT2D eigenvalue weighted by Crippen LogP contribution is -2.48. The third kappa shape index (κ3) is 5.97. The van der Waals surface area contributed by atoms with E-state index in [1.54, 1.807) is 0 Å². The van der Waals surface area contributed by atoms with Crippen molar-refractivity contribution in [2.75, 3.05) is 13.2 Å². The van der Waals surface area contributed by atoms with E-state index in [1.807, 2.05) is 37.3 Å². The fourth-order valence-electron chi connectivity index (χ4n) is 5.89. The SMILES string of the molecule is C[C@H](O)COc1ccc(C(N)=O)c(-c2c(Cl)c(F)cc3c2C[C@@](CN[C@H]2CC[C@@](C)(O)CC2)(c2ccccc2)O3)c1F. The summed E-state index contributed by atoms with van der Waals surface area (Å²) in [7, 11) is 0. The second-order valence-corrected chi connectivity index (χ2v) is 12.0. The Morgan fingerprint density at radius 1 is 1.19 bits per heavy atom. The van der Waals surface area contributed by atoms with Crippen molar-refractivity contribution in [2.24, 2.45) is 5.73 Å². The lowest BCUT2D eigenvalue weighted by atomic mass is 9.82. The Bertz CT molecular complexity index is 1470. The van der Waals surface area contributed by atoms with Gasteiger partial charge < -0.3 is 30.7 Å². The zero-order chi connectivity index (χ0) is 30.2. The molecule has 5 rings (SSSR count). The number of hydrogen-bond donors (Lipinski definition) is 4. The van der Waals surface area contributed by atoms with Gasteiger partial charge in [-0.1, -0.05) is 41.9 Å². The molecule has 1 fully saturated rings. The molecule has 1 saturated carbocycles. The van der Waals surface area contributed by atoms with Gasteiger partial charge in [0.25, 0.3) is 0 Å². The summed E-state index contributed by atoms with van der Waals surface area (Å²) in [6, 6.07) is 13.3. The number of amides is 1. The monoisotopic (exact) mass is 600 g/mol. The van der Waals surface area contributed by atoms with Gasteiger partial charge in [0.1, 0.15) is 18.2 Å². The van der Waals surface area contributed by atoms with Gasteiger partial charge in [-0.2, -0.15) is 0 Å². The van der Waals surface area contributed by atoms with Crippen LogP contribution in [-0.4, -0.2) is 47.0 Å². The van der Waals surface area contributed by atoms with Crippen LogP contribution < -0.4 is 20.5 Å². The number of nitrogens with one attached hydrogen (secondary N) is 1. The molecule has 3 aromatic rings. The Morgan fingerprint density at radius 3 is 2.52 bits per heavy atom. The minimum absolute atomic E-state index is 0.0352. The first-order chi connectivity index (χ1) is 19.9. The van der Waals surface area contributed by atoms with Crippen molar-refractivity contribution in [3.63, 3.8) is 0 Å². The van der Waals surface area contributed by atoms with E-state index < -0.39 is 34.8 Å². The number of aliphatic hydroxyl groups excluding tert-OH is 1. The van der Waals surface area contributed by atoms with E-state index in [9.17, 15) is 15.0 Å². The number of hydrogen-bond acceptors (Lipinski definition) is 6. The maximum Gasteiger partial charge on any atom is 0.249 e. The van der Waals surface area contributed by atoms with Crippen LogP contribution in [0.4, 0.5) is 8.78 Å². The number of primary amides is 1. The quantitative estimate of drug-likeness (QED) is 0.267. The zero-order valence-electron chi connectivity index (χ0n) is 23.6. The molecule has 42 heavy (non-hydrogen) atoms. The Kier molecular flexibility index (Phi) is 8.49. The Hall–Kier alpha value is -3.24. The smallest absolute Gasteiger partial charge is 0.249 e. The second kappa shape index (κ2) is 11.8. The largest absolute Gasteiger partial charge is 0.488 e. The summed E-state index contributed by atoms with van der Waals surface area (Å²) < 4.78 is 43.5. The van der Waals surface area contributed by atoms with Crippen LogP contribution >= 0.6 is 11.6 Å². The van der Waals surface area contributed by atoms with Crippen LogP contribution in [0, 0.1) is 11.6 Å². The number of halogens is 3. The zero-order valence-corrected chi connectivity index (χ0v) is 24.3. The molecule has 0 bridgehead atoms. The van der Waals surface area contributed by atoms with Gasteiger partial charge in [0.05, 0.1) is 22.3 Å². The Morgan fingerprint density at radius 2 is 1.88 bits per heavy atom. The van der Waals surface area contributed by atoms with E-state index >= 15 is 8.78 Å². The van der Waals surface area contributed by atoms with E-state index in [2.05, 4.69) is 5.32 Å². The molecule has 0 aromatic heterocycles. The molecule has 10 heteroatoms. The molecule has 1 aliphatic heterocycles. The topological polar surface area (TPSA) is 114 Å². The van der Waals surface area contributed by atoms with E-state index in [4.69, 9.17) is 26.8 Å². The number of aliphatic hydroxyl groups is 2. The Labute approximate surface area is 248 Å². The van der Waals surface area contributed by atoms with Crippen molar-refractivity contribution < 1.29 is 33.3 Å². The summed E-state index contributed by atoms with van der Waals surface area (Å²) in [4.78, 5) is 12.5. The lowest BCUT2D eigenvalue weighted by Gasteiger charge is -2.36. The fourth-order valence-corrected chi connectivity index (χ4v) is 6.15. The third-order valence-corrected chi connectivity index (χ3v) is 8.56.